The molecule has 0 aliphatic heterocycles. The fourth-order valence-corrected chi connectivity index (χ4v) is 5.58. The van der Waals surface area contributed by atoms with Gasteiger partial charge in [-0.3, -0.25) is 9.69 Å². The summed E-state index contributed by atoms with van der Waals surface area (Å²) in [6, 6.07) is 21.3. The van der Waals surface area contributed by atoms with Crippen LogP contribution in [0.15, 0.2) is 81.8 Å². The van der Waals surface area contributed by atoms with Crippen LogP contribution in [0.25, 0.3) is 5.69 Å². The zero-order chi connectivity index (χ0) is 23.2. The lowest BCUT2D eigenvalue weighted by molar-refractivity contribution is 0.0939. The van der Waals surface area contributed by atoms with Gasteiger partial charge < -0.3 is 9.73 Å². The molecule has 6 nitrogen and oxygen atoms in total. The number of nitrogens with zero attached hydrogens (tertiary/aromatic N) is 3. The van der Waals surface area contributed by atoms with E-state index < -0.39 is 0 Å². The van der Waals surface area contributed by atoms with E-state index >= 15 is 0 Å². The Hall–Kier alpha value is -2.72. The van der Waals surface area contributed by atoms with Gasteiger partial charge in [-0.15, -0.1) is 5.10 Å². The zero-order valence-corrected chi connectivity index (χ0v) is 20.8. The maximum Gasteiger partial charge on any atom is 0.251 e. The number of carbonyl (C=O) groups is 1. The Kier molecular flexibility index (Phi) is 7.77. The number of furan rings is 1. The summed E-state index contributed by atoms with van der Waals surface area (Å²) in [5, 5.41) is 7.65. The Morgan fingerprint density at radius 1 is 1.15 bits per heavy atom. The molecule has 170 valence electrons. The topological polar surface area (TPSA) is 63.3 Å². The highest BCUT2D eigenvalue weighted by Gasteiger charge is 2.18. The van der Waals surface area contributed by atoms with Crippen LogP contribution in [0.4, 0.5) is 0 Å². The van der Waals surface area contributed by atoms with E-state index in [1.54, 1.807) is 34.8 Å². The van der Waals surface area contributed by atoms with Gasteiger partial charge in [-0.2, -0.15) is 0 Å². The number of rotatable bonds is 9. The summed E-state index contributed by atoms with van der Waals surface area (Å²) >= 11 is 8.67. The number of thioether (sulfide) groups is 1. The molecule has 9 heteroatoms. The summed E-state index contributed by atoms with van der Waals surface area (Å²) in [6.07, 6.45) is 1.64. The van der Waals surface area contributed by atoms with Gasteiger partial charge in [-0.05, 0) is 68.3 Å². The molecule has 0 spiro atoms. The minimum atomic E-state index is -0.138. The molecule has 2 heterocycles. The van der Waals surface area contributed by atoms with Crippen LogP contribution in [0.1, 0.15) is 27.7 Å². The molecule has 1 N–H and O–H groups in total. The number of likely N-dealkylation sites (N-methyl/N-ethyl adjacent to an activating group) is 1. The summed E-state index contributed by atoms with van der Waals surface area (Å²) < 4.78 is 8.84. The highest BCUT2D eigenvalue weighted by molar-refractivity contribution is 8.00. The molecular formula is C24H24N4O2S3. The number of aromatic nitrogens is 2. The smallest absolute Gasteiger partial charge is 0.251 e. The number of nitrogens with one attached hydrogen (secondary N) is 1. The summed E-state index contributed by atoms with van der Waals surface area (Å²) in [5.41, 5.74) is 2.66. The lowest BCUT2D eigenvalue weighted by atomic mass is 10.1. The minimum absolute atomic E-state index is 0.0386. The summed E-state index contributed by atoms with van der Waals surface area (Å²) in [5.74, 6) is 1.52. The van der Waals surface area contributed by atoms with Gasteiger partial charge in [0.1, 0.15) is 5.76 Å². The van der Waals surface area contributed by atoms with E-state index in [1.165, 1.54) is 16.9 Å². The Bertz CT molecular complexity index is 1230. The Morgan fingerprint density at radius 2 is 1.91 bits per heavy atom. The predicted octanol–water partition coefficient (Wildman–Crippen LogP) is 5.58. The SMILES string of the molecule is CN(C)C(CNC(=O)c1ccc(-n2nc(SCc3ccccc3)sc2=S)cc1)c1ccco1. The number of amides is 1. The zero-order valence-electron chi connectivity index (χ0n) is 18.3. The number of hydrogen-bond donors (Lipinski definition) is 1. The predicted molar refractivity (Wildman–Crippen MR) is 136 cm³/mol. The van der Waals surface area contributed by atoms with Crippen LogP contribution in [0.2, 0.25) is 0 Å². The highest BCUT2D eigenvalue weighted by atomic mass is 32.2. The van der Waals surface area contributed by atoms with Crippen LogP contribution in [0, 0.1) is 3.95 Å². The Labute approximate surface area is 206 Å². The molecule has 0 radical (unpaired) electrons. The first-order valence-electron chi connectivity index (χ1n) is 10.4. The lowest BCUT2D eigenvalue weighted by Crippen LogP contribution is -2.34. The van der Waals surface area contributed by atoms with Crippen molar-refractivity contribution in [2.45, 2.75) is 16.1 Å². The van der Waals surface area contributed by atoms with Gasteiger partial charge in [0.25, 0.3) is 5.91 Å². The van der Waals surface area contributed by atoms with Crippen LogP contribution in [-0.2, 0) is 5.75 Å². The van der Waals surface area contributed by atoms with Crippen LogP contribution in [0.3, 0.4) is 0 Å². The maximum absolute atomic E-state index is 12.7. The molecule has 33 heavy (non-hydrogen) atoms. The average molecular weight is 497 g/mol. The first-order chi connectivity index (χ1) is 16.0. The van der Waals surface area contributed by atoms with E-state index in [4.69, 9.17) is 16.6 Å². The quantitative estimate of drug-likeness (QED) is 0.241. The van der Waals surface area contributed by atoms with Crippen molar-refractivity contribution in [2.24, 2.45) is 0 Å². The standard InChI is InChI=1S/C24H24N4O2S3/c1-27(2)20(21-9-6-14-30-21)15-25-22(29)18-10-12-19(13-11-18)28-24(31)33-23(26-28)32-16-17-7-4-3-5-8-17/h3-14,20H,15-16H2,1-2H3,(H,25,29). The first-order valence-corrected chi connectivity index (χ1v) is 12.6. The molecule has 1 unspecified atom stereocenters. The van der Waals surface area contributed by atoms with Gasteiger partial charge in [-0.1, -0.05) is 53.4 Å². The summed E-state index contributed by atoms with van der Waals surface area (Å²) in [6.45, 7) is 0.445. The molecule has 0 fully saturated rings. The second kappa shape index (κ2) is 10.9. The minimum Gasteiger partial charge on any atom is -0.468 e. The number of benzene rings is 2. The van der Waals surface area contributed by atoms with E-state index in [-0.39, 0.29) is 11.9 Å². The second-order valence-electron chi connectivity index (χ2n) is 7.57. The fourth-order valence-electron chi connectivity index (χ4n) is 3.27. The van der Waals surface area contributed by atoms with Crippen LogP contribution in [0.5, 0.6) is 0 Å². The van der Waals surface area contributed by atoms with Gasteiger partial charge >= 0.3 is 0 Å². The Balaban J connectivity index is 1.39. The molecule has 0 aliphatic carbocycles. The van der Waals surface area contributed by atoms with E-state index in [2.05, 4.69) is 22.5 Å². The lowest BCUT2D eigenvalue weighted by Gasteiger charge is -2.22. The number of carbonyl (C=O) groups excluding carboxylic acids is 1. The van der Waals surface area contributed by atoms with Gasteiger partial charge in [0.05, 0.1) is 18.0 Å². The van der Waals surface area contributed by atoms with Gasteiger partial charge in [0, 0.05) is 17.9 Å². The van der Waals surface area contributed by atoms with Crippen molar-refractivity contribution in [1.29, 1.82) is 0 Å². The summed E-state index contributed by atoms with van der Waals surface area (Å²) in [4.78, 5) is 14.7. The van der Waals surface area contributed by atoms with E-state index in [0.717, 1.165) is 21.5 Å². The second-order valence-corrected chi connectivity index (χ2v) is 10.4. The fraction of sp³-hybridized carbons (Fsp3) is 0.208. The molecule has 0 saturated carbocycles. The molecular weight excluding hydrogens is 472 g/mol. The van der Waals surface area contributed by atoms with Crippen molar-refractivity contribution in [3.63, 3.8) is 0 Å². The van der Waals surface area contributed by atoms with Crippen molar-refractivity contribution in [2.75, 3.05) is 20.6 Å². The van der Waals surface area contributed by atoms with Crippen LogP contribution in [-0.4, -0.2) is 41.2 Å². The number of hydrogen-bond acceptors (Lipinski definition) is 7. The van der Waals surface area contributed by atoms with E-state index in [1.807, 2.05) is 61.5 Å². The summed E-state index contributed by atoms with van der Waals surface area (Å²) in [7, 11) is 3.91. The largest absolute Gasteiger partial charge is 0.468 e. The molecule has 4 aromatic rings. The maximum atomic E-state index is 12.7. The van der Waals surface area contributed by atoms with Crippen molar-refractivity contribution in [1.82, 2.24) is 20.0 Å². The van der Waals surface area contributed by atoms with Gasteiger partial charge in [0.15, 0.2) is 8.29 Å². The van der Waals surface area contributed by atoms with Crippen molar-refractivity contribution in [3.05, 3.63) is 93.8 Å². The third kappa shape index (κ3) is 6.00. The molecule has 1 amide bonds. The molecule has 2 aromatic carbocycles. The van der Waals surface area contributed by atoms with E-state index in [9.17, 15) is 4.79 Å². The van der Waals surface area contributed by atoms with Crippen LogP contribution >= 0.6 is 35.3 Å². The van der Waals surface area contributed by atoms with Crippen molar-refractivity contribution < 1.29 is 9.21 Å². The van der Waals surface area contributed by atoms with Gasteiger partial charge in [-0.25, -0.2) is 4.68 Å². The first kappa shape index (κ1) is 23.4. The average Bonchev–Trinajstić information content (AvgIpc) is 3.48. The molecule has 4 rings (SSSR count). The van der Waals surface area contributed by atoms with Crippen molar-refractivity contribution in [3.8, 4) is 5.69 Å². The molecule has 2 aromatic heterocycles. The van der Waals surface area contributed by atoms with Gasteiger partial charge in [0.2, 0.25) is 0 Å². The third-order valence-electron chi connectivity index (χ3n) is 5.06. The molecule has 0 saturated heterocycles. The molecule has 0 aliphatic rings. The Morgan fingerprint density at radius 3 is 2.58 bits per heavy atom. The van der Waals surface area contributed by atoms with E-state index in [0.29, 0.717) is 16.1 Å². The van der Waals surface area contributed by atoms with Crippen molar-refractivity contribution >= 4 is 41.2 Å². The molecule has 1 atom stereocenters. The third-order valence-corrected chi connectivity index (χ3v) is 7.50. The molecule has 0 bridgehead atoms. The van der Waals surface area contributed by atoms with Crippen LogP contribution < -0.4 is 5.32 Å². The normalized spacial score (nSPS) is 12.1. The monoisotopic (exact) mass is 496 g/mol. The highest BCUT2D eigenvalue weighted by Crippen LogP contribution is 2.27.